The molecule has 1 aliphatic rings. The van der Waals surface area contributed by atoms with Crippen molar-refractivity contribution in [3.05, 3.63) is 76.1 Å². The molecule has 8 nitrogen and oxygen atoms in total. The molecule has 9 heteroatoms. The number of nitrogens with one attached hydrogen (secondary N) is 1. The Hall–Kier alpha value is -3.01. The molecule has 0 radical (unpaired) electrons. The Kier molecular flexibility index (Phi) is 6.88. The van der Waals surface area contributed by atoms with Gasteiger partial charge in [0.25, 0.3) is 5.91 Å². The highest BCUT2D eigenvalue weighted by Crippen LogP contribution is 2.25. The maximum absolute atomic E-state index is 13.2. The second-order valence-corrected chi connectivity index (χ2v) is 10.6. The summed E-state index contributed by atoms with van der Waals surface area (Å²) < 4.78 is 34.8. The Balaban J connectivity index is 1.49. The fourth-order valence-electron chi connectivity index (χ4n) is 4.31. The standard InChI is InChI=1S/C25H30N4O4S/c1-17-13-18(2)15-23(14-17)26-25(30)22-7-5-21(6-8-22)16-29-20(4)24(19(3)27-29)34(31,32)28-9-11-33-12-10-28/h5-8,13-15H,9-12,16H2,1-4H3,(H,26,30). The minimum absolute atomic E-state index is 0.179. The number of benzene rings is 2. The predicted molar refractivity (Wildman–Crippen MR) is 131 cm³/mol. The first-order chi connectivity index (χ1) is 16.1. The van der Waals surface area contributed by atoms with Crippen molar-refractivity contribution in [1.29, 1.82) is 0 Å². The van der Waals surface area contributed by atoms with Crippen LogP contribution in [0.15, 0.2) is 47.4 Å². The minimum Gasteiger partial charge on any atom is -0.379 e. The summed E-state index contributed by atoms with van der Waals surface area (Å²) in [6.45, 7) is 9.38. The Morgan fingerprint density at radius 1 is 1.00 bits per heavy atom. The Bertz CT molecular complexity index is 1290. The van der Waals surface area contributed by atoms with Crippen LogP contribution in [0.1, 0.15) is 38.4 Å². The van der Waals surface area contributed by atoms with Gasteiger partial charge in [-0.15, -0.1) is 0 Å². The number of amides is 1. The van der Waals surface area contributed by atoms with Crippen LogP contribution >= 0.6 is 0 Å². The molecule has 180 valence electrons. The molecule has 1 fully saturated rings. The van der Waals surface area contributed by atoms with Crippen molar-refractivity contribution < 1.29 is 17.9 Å². The van der Waals surface area contributed by atoms with E-state index in [-0.39, 0.29) is 10.8 Å². The van der Waals surface area contributed by atoms with Crippen LogP contribution in [0.5, 0.6) is 0 Å². The number of anilines is 1. The zero-order valence-electron chi connectivity index (χ0n) is 20.0. The van der Waals surface area contributed by atoms with Gasteiger partial charge in [-0.1, -0.05) is 18.2 Å². The van der Waals surface area contributed by atoms with Gasteiger partial charge in [0, 0.05) is 24.3 Å². The average Bonchev–Trinajstić information content (AvgIpc) is 3.07. The molecule has 2 aromatic carbocycles. The summed E-state index contributed by atoms with van der Waals surface area (Å²) in [4.78, 5) is 12.9. The van der Waals surface area contributed by atoms with E-state index in [4.69, 9.17) is 4.74 Å². The lowest BCUT2D eigenvalue weighted by Crippen LogP contribution is -2.41. The summed E-state index contributed by atoms with van der Waals surface area (Å²) in [7, 11) is -3.63. The van der Waals surface area contributed by atoms with Gasteiger partial charge in [-0.25, -0.2) is 8.42 Å². The average molecular weight is 483 g/mol. The SMILES string of the molecule is Cc1cc(C)cc(NC(=O)c2ccc(Cn3nc(C)c(S(=O)(=O)N4CCOCC4)c3C)cc2)c1. The monoisotopic (exact) mass is 482 g/mol. The zero-order chi connectivity index (χ0) is 24.5. The Morgan fingerprint density at radius 2 is 1.62 bits per heavy atom. The third kappa shape index (κ3) is 5.06. The van der Waals surface area contributed by atoms with Crippen LogP contribution < -0.4 is 5.32 Å². The Labute approximate surface area is 200 Å². The van der Waals surface area contributed by atoms with E-state index >= 15 is 0 Å². The highest BCUT2D eigenvalue weighted by atomic mass is 32.2. The van der Waals surface area contributed by atoms with E-state index < -0.39 is 10.0 Å². The molecule has 1 aliphatic heterocycles. The van der Waals surface area contributed by atoms with Crippen LogP contribution in [-0.2, 0) is 21.3 Å². The number of aromatic nitrogens is 2. The van der Waals surface area contributed by atoms with Gasteiger partial charge in [-0.3, -0.25) is 9.48 Å². The molecule has 1 amide bonds. The van der Waals surface area contributed by atoms with Gasteiger partial charge in [0.1, 0.15) is 4.90 Å². The quantitative estimate of drug-likeness (QED) is 0.581. The first kappa shape index (κ1) is 24.1. The number of rotatable bonds is 6. The summed E-state index contributed by atoms with van der Waals surface area (Å²) in [5.74, 6) is -0.179. The lowest BCUT2D eigenvalue weighted by molar-refractivity contribution is 0.0730. The number of carbonyl (C=O) groups is 1. The molecular weight excluding hydrogens is 452 g/mol. The van der Waals surface area contributed by atoms with Crippen LogP contribution in [-0.4, -0.2) is 54.7 Å². The van der Waals surface area contributed by atoms with E-state index in [9.17, 15) is 13.2 Å². The minimum atomic E-state index is -3.63. The Morgan fingerprint density at radius 3 is 2.24 bits per heavy atom. The number of hydrogen-bond acceptors (Lipinski definition) is 5. The van der Waals surface area contributed by atoms with Crippen LogP contribution in [0, 0.1) is 27.7 Å². The lowest BCUT2D eigenvalue weighted by atomic mass is 10.1. The molecule has 0 atom stereocenters. The summed E-state index contributed by atoms with van der Waals surface area (Å²) in [5, 5.41) is 7.44. The number of nitrogens with zero attached hydrogens (tertiary/aromatic N) is 3. The van der Waals surface area contributed by atoms with Crippen LogP contribution in [0.2, 0.25) is 0 Å². The zero-order valence-corrected chi connectivity index (χ0v) is 20.8. The smallest absolute Gasteiger partial charge is 0.255 e. The summed E-state index contributed by atoms with van der Waals surface area (Å²) in [6, 6.07) is 13.2. The van der Waals surface area contributed by atoms with Crippen molar-refractivity contribution in [1.82, 2.24) is 14.1 Å². The topological polar surface area (TPSA) is 93.5 Å². The number of carbonyl (C=O) groups excluding carboxylic acids is 1. The van der Waals surface area contributed by atoms with Gasteiger partial charge in [-0.2, -0.15) is 9.40 Å². The van der Waals surface area contributed by atoms with Gasteiger partial charge < -0.3 is 10.1 Å². The van der Waals surface area contributed by atoms with Crippen molar-refractivity contribution in [2.24, 2.45) is 0 Å². The van der Waals surface area contributed by atoms with Gasteiger partial charge in [-0.05, 0) is 68.7 Å². The fraction of sp³-hybridized carbons (Fsp3) is 0.360. The number of morpholine rings is 1. The third-order valence-corrected chi connectivity index (χ3v) is 8.06. The molecule has 0 saturated carbocycles. The first-order valence-corrected chi connectivity index (χ1v) is 12.7. The lowest BCUT2D eigenvalue weighted by Gasteiger charge is -2.26. The van der Waals surface area contributed by atoms with Crippen molar-refractivity contribution in [3.8, 4) is 0 Å². The second-order valence-electron chi connectivity index (χ2n) is 8.70. The number of aryl methyl sites for hydroxylation is 3. The molecule has 1 saturated heterocycles. The van der Waals surface area contributed by atoms with Gasteiger partial charge in [0.05, 0.1) is 31.1 Å². The molecule has 0 aliphatic carbocycles. The molecule has 2 heterocycles. The molecular formula is C25H30N4O4S. The normalized spacial score (nSPS) is 14.8. The first-order valence-electron chi connectivity index (χ1n) is 11.3. The van der Waals surface area contributed by atoms with Crippen molar-refractivity contribution >= 4 is 21.6 Å². The molecule has 4 rings (SSSR count). The van der Waals surface area contributed by atoms with E-state index in [1.165, 1.54) is 4.31 Å². The summed E-state index contributed by atoms with van der Waals surface area (Å²) in [5.41, 5.74) is 5.49. The maximum Gasteiger partial charge on any atom is 0.255 e. The third-order valence-electron chi connectivity index (χ3n) is 5.91. The van der Waals surface area contributed by atoms with Gasteiger partial charge >= 0.3 is 0 Å². The van der Waals surface area contributed by atoms with E-state index in [1.54, 1.807) is 30.7 Å². The highest BCUT2D eigenvalue weighted by Gasteiger charge is 2.32. The number of ether oxygens (including phenoxy) is 1. The van der Waals surface area contributed by atoms with E-state index in [0.29, 0.717) is 49.8 Å². The van der Waals surface area contributed by atoms with E-state index in [2.05, 4.69) is 16.5 Å². The summed E-state index contributed by atoms with van der Waals surface area (Å²) >= 11 is 0. The van der Waals surface area contributed by atoms with E-state index in [0.717, 1.165) is 22.4 Å². The van der Waals surface area contributed by atoms with Crippen LogP contribution in [0.4, 0.5) is 5.69 Å². The van der Waals surface area contributed by atoms with Crippen molar-refractivity contribution in [2.75, 3.05) is 31.6 Å². The van der Waals surface area contributed by atoms with E-state index in [1.807, 2.05) is 38.1 Å². The van der Waals surface area contributed by atoms with Gasteiger partial charge in [0.15, 0.2) is 0 Å². The maximum atomic E-state index is 13.2. The molecule has 3 aromatic rings. The molecule has 0 spiro atoms. The number of sulfonamides is 1. The second kappa shape index (κ2) is 9.69. The van der Waals surface area contributed by atoms with Crippen LogP contribution in [0.25, 0.3) is 0 Å². The molecule has 1 aromatic heterocycles. The molecule has 34 heavy (non-hydrogen) atoms. The van der Waals surface area contributed by atoms with Crippen molar-refractivity contribution in [3.63, 3.8) is 0 Å². The molecule has 0 bridgehead atoms. The fourth-order valence-corrected chi connectivity index (χ4v) is 6.09. The van der Waals surface area contributed by atoms with Crippen LogP contribution in [0.3, 0.4) is 0 Å². The van der Waals surface area contributed by atoms with Crippen molar-refractivity contribution in [2.45, 2.75) is 39.1 Å². The molecule has 0 unspecified atom stereocenters. The highest BCUT2D eigenvalue weighted by molar-refractivity contribution is 7.89. The number of hydrogen-bond donors (Lipinski definition) is 1. The summed E-state index contributed by atoms with van der Waals surface area (Å²) in [6.07, 6.45) is 0. The molecule has 1 N–H and O–H groups in total. The predicted octanol–water partition coefficient (Wildman–Crippen LogP) is 3.44. The van der Waals surface area contributed by atoms with Gasteiger partial charge in [0.2, 0.25) is 10.0 Å². The largest absolute Gasteiger partial charge is 0.379 e.